The number of phenolic OH excluding ortho intramolecular Hbond substituents is 1. The van der Waals surface area contributed by atoms with Gasteiger partial charge in [0.05, 0.1) is 5.02 Å². The molecule has 2 heterocycles. The van der Waals surface area contributed by atoms with Gasteiger partial charge in [0.25, 0.3) is 0 Å². The van der Waals surface area contributed by atoms with E-state index >= 15 is 0 Å². The van der Waals surface area contributed by atoms with Crippen molar-refractivity contribution >= 4 is 17.3 Å². The first kappa shape index (κ1) is 18.9. The summed E-state index contributed by atoms with van der Waals surface area (Å²) < 4.78 is 25.6. The van der Waals surface area contributed by atoms with Crippen LogP contribution < -0.4 is 14.8 Å². The van der Waals surface area contributed by atoms with E-state index in [0.717, 1.165) is 11.3 Å². The summed E-state index contributed by atoms with van der Waals surface area (Å²) in [4.78, 5) is 4.78. The van der Waals surface area contributed by atoms with Crippen LogP contribution in [-0.2, 0) is 0 Å². The van der Waals surface area contributed by atoms with Gasteiger partial charge in [-0.1, -0.05) is 35.9 Å². The highest BCUT2D eigenvalue weighted by molar-refractivity contribution is 6.31. The van der Waals surface area contributed by atoms with Crippen LogP contribution in [0.3, 0.4) is 0 Å². The molecule has 0 spiro atoms. The maximum absolute atomic E-state index is 14.7. The Balaban J connectivity index is 1.60. The lowest BCUT2D eigenvalue weighted by molar-refractivity contribution is 0.174. The molecule has 0 bridgehead atoms. The number of nitrogens with one attached hydrogen (secondary N) is 1. The lowest BCUT2D eigenvalue weighted by atomic mass is 9.93. The van der Waals surface area contributed by atoms with Crippen LogP contribution in [0.15, 0.2) is 65.7 Å². The van der Waals surface area contributed by atoms with Gasteiger partial charge in [-0.2, -0.15) is 0 Å². The van der Waals surface area contributed by atoms with E-state index in [4.69, 9.17) is 26.1 Å². The summed E-state index contributed by atoms with van der Waals surface area (Å²) in [5.74, 6) is 1.06. The first-order valence-corrected chi connectivity index (χ1v) is 9.92. The first-order chi connectivity index (χ1) is 14.6. The molecule has 0 aromatic heterocycles. The third kappa shape index (κ3) is 3.38. The van der Waals surface area contributed by atoms with E-state index in [1.54, 1.807) is 24.3 Å². The molecule has 7 heteroatoms. The lowest BCUT2D eigenvalue weighted by Crippen LogP contribution is -2.33. The summed E-state index contributed by atoms with van der Waals surface area (Å²) in [6.45, 7) is 0.181. The van der Waals surface area contributed by atoms with Crippen molar-refractivity contribution in [3.05, 3.63) is 88.2 Å². The number of para-hydroxylation sites is 1. The summed E-state index contributed by atoms with van der Waals surface area (Å²) in [5, 5.41) is 14.0. The highest BCUT2D eigenvalue weighted by atomic mass is 35.5. The number of aromatic hydroxyl groups is 1. The monoisotopic (exact) mass is 424 g/mol. The molecule has 5 nitrogen and oxygen atoms in total. The fourth-order valence-corrected chi connectivity index (χ4v) is 4.13. The summed E-state index contributed by atoms with van der Waals surface area (Å²) in [5.41, 5.74) is 2.59. The number of nitrogens with zero attached hydrogens (tertiary/aromatic N) is 1. The Labute approximate surface area is 177 Å². The molecule has 0 fully saturated rings. The molecule has 2 N–H and O–H groups in total. The van der Waals surface area contributed by atoms with E-state index in [9.17, 15) is 9.50 Å². The van der Waals surface area contributed by atoms with Crippen LogP contribution in [0.2, 0.25) is 5.02 Å². The molecule has 152 valence electrons. The summed E-state index contributed by atoms with van der Waals surface area (Å²) >= 11 is 6.32. The van der Waals surface area contributed by atoms with Gasteiger partial charge in [0.1, 0.15) is 17.7 Å². The maximum Gasteiger partial charge on any atom is 0.231 e. The highest BCUT2D eigenvalue weighted by Crippen LogP contribution is 2.39. The van der Waals surface area contributed by atoms with Crippen molar-refractivity contribution in [2.75, 3.05) is 6.79 Å². The Morgan fingerprint density at radius 3 is 2.70 bits per heavy atom. The molecule has 0 saturated heterocycles. The van der Waals surface area contributed by atoms with E-state index in [2.05, 4.69) is 5.32 Å². The van der Waals surface area contributed by atoms with Gasteiger partial charge < -0.3 is 14.6 Å². The second kappa shape index (κ2) is 7.63. The van der Waals surface area contributed by atoms with Gasteiger partial charge in [0.15, 0.2) is 11.5 Å². The molecule has 5 rings (SSSR count). The van der Waals surface area contributed by atoms with Crippen LogP contribution in [0.5, 0.6) is 17.2 Å². The Hall–Kier alpha value is -3.09. The molecular weight excluding hydrogens is 407 g/mol. The minimum Gasteiger partial charge on any atom is -0.508 e. The topological polar surface area (TPSA) is 63.1 Å². The summed E-state index contributed by atoms with van der Waals surface area (Å²) in [6, 6.07) is 17.0. The molecule has 3 aromatic rings. The second-order valence-electron chi connectivity index (χ2n) is 7.16. The van der Waals surface area contributed by atoms with Crippen LogP contribution in [-0.4, -0.2) is 17.6 Å². The van der Waals surface area contributed by atoms with Crippen molar-refractivity contribution in [2.45, 2.75) is 18.6 Å². The fraction of sp³-hybridized carbons (Fsp3) is 0.174. The van der Waals surface area contributed by atoms with Crippen molar-refractivity contribution in [3.8, 4) is 17.2 Å². The second-order valence-corrected chi connectivity index (χ2v) is 7.57. The molecule has 2 aliphatic rings. The van der Waals surface area contributed by atoms with Gasteiger partial charge in [-0.25, -0.2) is 4.39 Å². The molecule has 0 amide bonds. The number of hydrogen-bond donors (Lipinski definition) is 2. The first-order valence-electron chi connectivity index (χ1n) is 9.54. The zero-order valence-corrected chi connectivity index (χ0v) is 16.6. The lowest BCUT2D eigenvalue weighted by Gasteiger charge is -2.31. The highest BCUT2D eigenvalue weighted by Gasteiger charge is 2.30. The summed E-state index contributed by atoms with van der Waals surface area (Å²) in [7, 11) is 0. The molecule has 2 aliphatic heterocycles. The number of halogens is 2. The molecule has 3 aromatic carbocycles. The molecule has 0 saturated carbocycles. The van der Waals surface area contributed by atoms with Crippen LogP contribution in [0.4, 0.5) is 4.39 Å². The maximum atomic E-state index is 14.7. The van der Waals surface area contributed by atoms with Crippen molar-refractivity contribution in [2.24, 2.45) is 4.99 Å². The van der Waals surface area contributed by atoms with Gasteiger partial charge in [-0.15, -0.1) is 0 Å². The van der Waals surface area contributed by atoms with E-state index < -0.39 is 12.0 Å². The Morgan fingerprint density at radius 1 is 1.03 bits per heavy atom. The minimum atomic E-state index is -0.711. The third-order valence-corrected chi connectivity index (χ3v) is 5.66. The van der Waals surface area contributed by atoms with Crippen molar-refractivity contribution in [3.63, 3.8) is 0 Å². The zero-order valence-electron chi connectivity index (χ0n) is 15.8. The predicted octanol–water partition coefficient (Wildman–Crippen LogP) is 5.14. The third-order valence-electron chi connectivity index (χ3n) is 5.33. The molecule has 0 radical (unpaired) electrons. The molecule has 0 aliphatic carbocycles. The van der Waals surface area contributed by atoms with Crippen molar-refractivity contribution < 1.29 is 19.0 Å². The van der Waals surface area contributed by atoms with Crippen LogP contribution in [0.1, 0.15) is 35.3 Å². The van der Waals surface area contributed by atoms with Crippen LogP contribution >= 0.6 is 11.6 Å². The molecular formula is C23H18ClFN2O3. The van der Waals surface area contributed by atoms with Crippen molar-refractivity contribution in [1.29, 1.82) is 0 Å². The van der Waals surface area contributed by atoms with E-state index in [0.29, 0.717) is 28.5 Å². The quantitative estimate of drug-likeness (QED) is 0.611. The van der Waals surface area contributed by atoms with Crippen LogP contribution in [0.25, 0.3) is 0 Å². The average Bonchev–Trinajstić information content (AvgIpc) is 3.22. The largest absolute Gasteiger partial charge is 0.508 e. The van der Waals surface area contributed by atoms with E-state index in [-0.39, 0.29) is 24.1 Å². The SMILES string of the molecule is Oc1ccccc1[C@H]1CC(c2ccc3c(c2)OCO3)=N[C@@H](c2c(F)cccc2Cl)N1. The number of hydrogen-bond acceptors (Lipinski definition) is 5. The Bertz CT molecular complexity index is 1130. The Morgan fingerprint density at radius 2 is 1.87 bits per heavy atom. The predicted molar refractivity (Wildman–Crippen MR) is 112 cm³/mol. The van der Waals surface area contributed by atoms with Gasteiger partial charge in [0, 0.05) is 29.3 Å². The number of benzene rings is 3. The van der Waals surface area contributed by atoms with Crippen molar-refractivity contribution in [1.82, 2.24) is 5.32 Å². The minimum absolute atomic E-state index is 0.167. The fourth-order valence-electron chi connectivity index (χ4n) is 3.86. The van der Waals surface area contributed by atoms with E-state index in [1.165, 1.54) is 6.07 Å². The number of aliphatic imine (C=N–C) groups is 1. The molecule has 30 heavy (non-hydrogen) atoms. The number of fused-ring (bicyclic) bond motifs is 1. The average molecular weight is 425 g/mol. The summed E-state index contributed by atoms with van der Waals surface area (Å²) in [6.07, 6.45) is -0.211. The normalized spacial score (nSPS) is 20.1. The van der Waals surface area contributed by atoms with Crippen LogP contribution in [0, 0.1) is 5.82 Å². The number of rotatable bonds is 3. The Kier molecular flexibility index (Phi) is 4.81. The standard InChI is InChI=1S/C23H18ClFN2O3/c24-15-5-3-6-16(25)22(15)23-26-17(13-8-9-20-21(10-13)30-12-29-20)11-18(27-23)14-4-1-2-7-19(14)28/h1-10,18,23,27-28H,11-12H2/t18-,23-/m1/s1. The van der Waals surface area contributed by atoms with E-state index in [1.807, 2.05) is 30.3 Å². The zero-order chi connectivity index (χ0) is 20.7. The number of phenols is 1. The number of ether oxygens (including phenoxy) is 2. The molecule has 2 atom stereocenters. The van der Waals surface area contributed by atoms with Gasteiger partial charge >= 0.3 is 0 Å². The molecule has 0 unspecified atom stereocenters. The smallest absolute Gasteiger partial charge is 0.231 e. The van der Waals surface area contributed by atoms with Gasteiger partial charge in [-0.05, 0) is 42.0 Å². The van der Waals surface area contributed by atoms with Gasteiger partial charge in [0.2, 0.25) is 6.79 Å². The van der Waals surface area contributed by atoms with Gasteiger partial charge in [-0.3, -0.25) is 10.3 Å².